The second kappa shape index (κ2) is 15.7. The van der Waals surface area contributed by atoms with Gasteiger partial charge in [-0.25, -0.2) is 4.79 Å². The van der Waals surface area contributed by atoms with Crippen LogP contribution in [0.25, 0.3) is 0 Å². The summed E-state index contributed by atoms with van der Waals surface area (Å²) in [4.78, 5) is 63.9. The Bertz CT molecular complexity index is 1030. The zero-order chi connectivity index (χ0) is 33.2. The third kappa shape index (κ3) is 10.9. The highest BCUT2D eigenvalue weighted by Gasteiger charge is 2.53. The van der Waals surface area contributed by atoms with Gasteiger partial charge in [-0.3, -0.25) is 19.2 Å². The maximum absolute atomic E-state index is 13.4. The predicted octanol–water partition coefficient (Wildman–Crippen LogP) is 4.77. The van der Waals surface area contributed by atoms with Gasteiger partial charge in [0.05, 0.1) is 28.8 Å². The first-order valence-corrected chi connectivity index (χ1v) is 15.0. The predicted molar refractivity (Wildman–Crippen MR) is 158 cm³/mol. The van der Waals surface area contributed by atoms with Crippen molar-refractivity contribution in [2.45, 2.75) is 118 Å². The molecule has 0 spiro atoms. The van der Waals surface area contributed by atoms with E-state index in [0.717, 1.165) is 32.1 Å². The standard InChI is InChI=1S/C32H52O11/c1-10-30(6,28(39)43-23-14-12-11-13-15-23)19-32(8,27(38)40-9)20-31(7,25(35)36)18-29(4,5)26(37)42-17-22(33)16-41-24(34)21(2)3/h22-23,33H,2,10-20H2,1,3-9H3,(H,35,36). The summed E-state index contributed by atoms with van der Waals surface area (Å²) >= 11 is 0. The maximum atomic E-state index is 13.4. The molecule has 1 fully saturated rings. The van der Waals surface area contributed by atoms with Crippen LogP contribution in [-0.4, -0.2) is 72.6 Å². The van der Waals surface area contributed by atoms with Gasteiger partial charge in [0.15, 0.2) is 0 Å². The molecule has 0 aromatic rings. The highest BCUT2D eigenvalue weighted by molar-refractivity contribution is 5.87. The van der Waals surface area contributed by atoms with Crippen molar-refractivity contribution in [3.05, 3.63) is 12.2 Å². The van der Waals surface area contributed by atoms with Gasteiger partial charge in [-0.2, -0.15) is 0 Å². The molecule has 1 saturated carbocycles. The summed E-state index contributed by atoms with van der Waals surface area (Å²) in [5, 5.41) is 20.4. The molecular weight excluding hydrogens is 560 g/mol. The van der Waals surface area contributed by atoms with Crippen molar-refractivity contribution >= 4 is 29.8 Å². The molecular formula is C32H52O11. The molecule has 246 valence electrons. The number of hydrogen-bond donors (Lipinski definition) is 2. The van der Waals surface area contributed by atoms with Crippen LogP contribution in [0.2, 0.25) is 0 Å². The molecule has 4 atom stereocenters. The summed E-state index contributed by atoms with van der Waals surface area (Å²) in [5.74, 6) is -3.81. The summed E-state index contributed by atoms with van der Waals surface area (Å²) in [6.07, 6.45) is 3.06. The third-order valence-corrected chi connectivity index (χ3v) is 8.40. The van der Waals surface area contributed by atoms with Gasteiger partial charge in [-0.15, -0.1) is 0 Å². The van der Waals surface area contributed by atoms with Gasteiger partial charge in [0.25, 0.3) is 0 Å². The first-order chi connectivity index (χ1) is 19.7. The molecule has 4 unspecified atom stereocenters. The first kappa shape index (κ1) is 38.1. The van der Waals surface area contributed by atoms with Crippen LogP contribution in [0.1, 0.15) is 106 Å². The molecule has 1 aliphatic carbocycles. The Labute approximate surface area is 255 Å². The van der Waals surface area contributed by atoms with Gasteiger partial charge in [-0.05, 0) is 92.9 Å². The normalized spacial score (nSPS) is 19.0. The fraction of sp³-hybridized carbons (Fsp3) is 0.781. The Kier molecular flexibility index (Phi) is 13.9. The van der Waals surface area contributed by atoms with E-state index in [0.29, 0.717) is 6.42 Å². The van der Waals surface area contributed by atoms with E-state index in [2.05, 4.69) is 6.58 Å². The quantitative estimate of drug-likeness (QED) is 0.132. The number of hydrogen-bond acceptors (Lipinski definition) is 10. The van der Waals surface area contributed by atoms with Crippen LogP contribution in [0.3, 0.4) is 0 Å². The number of ether oxygens (including phenoxy) is 4. The highest BCUT2D eigenvalue weighted by atomic mass is 16.6. The lowest BCUT2D eigenvalue weighted by Crippen LogP contribution is -2.47. The Hall–Kier alpha value is -2.95. The summed E-state index contributed by atoms with van der Waals surface area (Å²) in [7, 11) is 1.21. The van der Waals surface area contributed by atoms with Crippen molar-refractivity contribution < 1.29 is 53.1 Å². The minimum Gasteiger partial charge on any atom is -0.481 e. The van der Waals surface area contributed by atoms with Crippen LogP contribution >= 0.6 is 0 Å². The largest absolute Gasteiger partial charge is 0.481 e. The van der Waals surface area contributed by atoms with E-state index in [4.69, 9.17) is 18.9 Å². The van der Waals surface area contributed by atoms with Gasteiger partial charge in [0.1, 0.15) is 25.4 Å². The van der Waals surface area contributed by atoms with E-state index >= 15 is 0 Å². The van der Waals surface area contributed by atoms with E-state index in [-0.39, 0.29) is 30.9 Å². The average Bonchev–Trinajstić information content (AvgIpc) is 2.93. The van der Waals surface area contributed by atoms with Crippen LogP contribution in [0.15, 0.2) is 12.2 Å². The topological polar surface area (TPSA) is 163 Å². The fourth-order valence-corrected chi connectivity index (χ4v) is 5.97. The summed E-state index contributed by atoms with van der Waals surface area (Å²) in [5.41, 5.74) is -5.33. The minimum absolute atomic E-state index is 0.0163. The van der Waals surface area contributed by atoms with E-state index < -0.39 is 70.8 Å². The summed E-state index contributed by atoms with van der Waals surface area (Å²) in [6, 6.07) is 0. The number of carbonyl (C=O) groups is 5. The van der Waals surface area contributed by atoms with Crippen molar-refractivity contribution in [2.24, 2.45) is 21.7 Å². The highest BCUT2D eigenvalue weighted by Crippen LogP contribution is 2.49. The minimum atomic E-state index is -1.62. The summed E-state index contributed by atoms with van der Waals surface area (Å²) < 4.78 is 21.1. The van der Waals surface area contributed by atoms with Gasteiger partial charge in [-0.1, -0.05) is 19.9 Å². The average molecular weight is 613 g/mol. The number of aliphatic hydroxyl groups is 1. The van der Waals surface area contributed by atoms with Crippen LogP contribution in [0, 0.1) is 21.7 Å². The van der Waals surface area contributed by atoms with E-state index in [9.17, 15) is 34.2 Å². The zero-order valence-corrected chi connectivity index (χ0v) is 27.2. The Morgan fingerprint density at radius 2 is 1.35 bits per heavy atom. The molecule has 11 nitrogen and oxygen atoms in total. The number of carboxylic acid groups (broad SMARTS) is 1. The number of rotatable bonds is 17. The van der Waals surface area contributed by atoms with Crippen LogP contribution in [0.4, 0.5) is 0 Å². The summed E-state index contributed by atoms with van der Waals surface area (Å²) in [6.45, 7) is 13.6. The molecule has 1 rings (SSSR count). The molecule has 0 heterocycles. The van der Waals surface area contributed by atoms with Crippen molar-refractivity contribution in [2.75, 3.05) is 20.3 Å². The molecule has 1 aliphatic rings. The van der Waals surface area contributed by atoms with Crippen molar-refractivity contribution in [3.8, 4) is 0 Å². The SMILES string of the molecule is C=C(C)C(=O)OCC(O)COC(=O)C(C)(C)CC(C)(CC(C)(CC(C)(CC)C(=O)OC1CCCCC1)C(=O)OC)C(=O)O. The number of aliphatic hydroxyl groups excluding tert-OH is 1. The fourth-order valence-electron chi connectivity index (χ4n) is 5.97. The van der Waals surface area contributed by atoms with Gasteiger partial charge in [0.2, 0.25) is 0 Å². The molecule has 0 bridgehead atoms. The van der Waals surface area contributed by atoms with E-state index in [1.54, 1.807) is 13.8 Å². The molecule has 2 N–H and O–H groups in total. The lowest BCUT2D eigenvalue weighted by atomic mass is 9.61. The first-order valence-electron chi connectivity index (χ1n) is 15.0. The molecule has 0 aromatic carbocycles. The van der Waals surface area contributed by atoms with E-state index in [1.165, 1.54) is 34.8 Å². The third-order valence-electron chi connectivity index (χ3n) is 8.40. The van der Waals surface area contributed by atoms with Gasteiger partial charge < -0.3 is 29.2 Å². The molecule has 0 saturated heterocycles. The second-order valence-corrected chi connectivity index (χ2v) is 13.5. The lowest BCUT2D eigenvalue weighted by Gasteiger charge is -2.42. The van der Waals surface area contributed by atoms with Crippen molar-refractivity contribution in [1.29, 1.82) is 0 Å². The number of methoxy groups -OCH3 is 1. The van der Waals surface area contributed by atoms with Gasteiger partial charge >= 0.3 is 29.8 Å². The molecule has 43 heavy (non-hydrogen) atoms. The van der Waals surface area contributed by atoms with Crippen molar-refractivity contribution in [1.82, 2.24) is 0 Å². The van der Waals surface area contributed by atoms with Crippen LogP contribution in [0.5, 0.6) is 0 Å². The number of esters is 4. The zero-order valence-electron chi connectivity index (χ0n) is 27.2. The van der Waals surface area contributed by atoms with Crippen LogP contribution in [-0.2, 0) is 42.9 Å². The molecule has 0 radical (unpaired) electrons. The molecule has 11 heteroatoms. The van der Waals surface area contributed by atoms with Crippen molar-refractivity contribution in [3.63, 3.8) is 0 Å². The molecule has 0 aliphatic heterocycles. The lowest BCUT2D eigenvalue weighted by molar-refractivity contribution is -0.171. The Morgan fingerprint density at radius 3 is 1.84 bits per heavy atom. The van der Waals surface area contributed by atoms with Crippen LogP contribution < -0.4 is 0 Å². The number of aliphatic carboxylic acids is 1. The maximum Gasteiger partial charge on any atom is 0.333 e. The number of carboxylic acids is 1. The monoisotopic (exact) mass is 612 g/mol. The van der Waals surface area contributed by atoms with E-state index in [1.807, 2.05) is 6.92 Å². The van der Waals surface area contributed by atoms with Gasteiger partial charge in [0, 0.05) is 5.57 Å². The Balaban J connectivity index is 3.13. The molecule has 0 amide bonds. The smallest absolute Gasteiger partial charge is 0.333 e. The number of carbonyl (C=O) groups excluding carboxylic acids is 4. The molecule has 0 aromatic heterocycles. The second-order valence-electron chi connectivity index (χ2n) is 13.5. The Morgan fingerprint density at radius 1 is 0.814 bits per heavy atom.